The molecule has 136 valence electrons. The van der Waals surface area contributed by atoms with Crippen LogP contribution in [0.2, 0.25) is 0 Å². The standard InChI is InChI=1S/C23H21NOS2/c1-3-20(26-17-14-12-16(2)13-15-17)23(25)24-18-8-4-6-10-21(18)27-22-11-7-5-9-19(22)24/h4-15,20H,3H2,1-2H3. The molecule has 1 aliphatic heterocycles. The van der Waals surface area contributed by atoms with Gasteiger partial charge in [0.05, 0.1) is 16.6 Å². The summed E-state index contributed by atoms with van der Waals surface area (Å²) in [7, 11) is 0. The van der Waals surface area contributed by atoms with Gasteiger partial charge in [0.25, 0.3) is 0 Å². The molecule has 0 saturated carbocycles. The van der Waals surface area contributed by atoms with E-state index in [4.69, 9.17) is 0 Å². The highest BCUT2D eigenvalue weighted by Gasteiger charge is 2.32. The zero-order valence-electron chi connectivity index (χ0n) is 15.4. The molecular weight excluding hydrogens is 370 g/mol. The number of hydrogen-bond donors (Lipinski definition) is 0. The first-order valence-corrected chi connectivity index (χ1v) is 10.8. The van der Waals surface area contributed by atoms with E-state index in [1.807, 2.05) is 41.3 Å². The number of nitrogens with zero attached hydrogens (tertiary/aromatic N) is 1. The summed E-state index contributed by atoms with van der Waals surface area (Å²) in [6, 6.07) is 24.7. The lowest BCUT2D eigenvalue weighted by atomic mass is 10.2. The van der Waals surface area contributed by atoms with Crippen molar-refractivity contribution in [3.63, 3.8) is 0 Å². The molecule has 0 saturated heterocycles. The molecule has 2 nitrogen and oxygen atoms in total. The van der Waals surface area contributed by atoms with Gasteiger partial charge in [-0.1, -0.05) is 60.6 Å². The summed E-state index contributed by atoms with van der Waals surface area (Å²) in [6.45, 7) is 4.16. The number of aryl methyl sites for hydroxylation is 1. The maximum Gasteiger partial charge on any atom is 0.245 e. The largest absolute Gasteiger partial charge is 0.278 e. The average Bonchev–Trinajstić information content (AvgIpc) is 2.71. The van der Waals surface area contributed by atoms with Crippen molar-refractivity contribution in [2.75, 3.05) is 4.90 Å². The van der Waals surface area contributed by atoms with Gasteiger partial charge in [-0.3, -0.25) is 9.69 Å². The Morgan fingerprint density at radius 2 is 1.48 bits per heavy atom. The molecule has 0 aromatic heterocycles. The van der Waals surface area contributed by atoms with Crippen molar-refractivity contribution in [2.45, 2.75) is 40.2 Å². The fourth-order valence-electron chi connectivity index (χ4n) is 3.18. The number of rotatable bonds is 4. The van der Waals surface area contributed by atoms with Crippen LogP contribution in [0.1, 0.15) is 18.9 Å². The SMILES string of the molecule is CCC(Sc1ccc(C)cc1)C(=O)N1c2ccccc2Sc2ccccc21. The lowest BCUT2D eigenvalue weighted by Gasteiger charge is -2.33. The number of benzene rings is 3. The predicted octanol–water partition coefficient (Wildman–Crippen LogP) is 6.70. The molecular formula is C23H21NOS2. The number of para-hydroxylation sites is 2. The molecule has 0 bridgehead atoms. The molecule has 4 heteroatoms. The number of hydrogen-bond acceptors (Lipinski definition) is 3. The Balaban J connectivity index is 1.70. The van der Waals surface area contributed by atoms with Crippen LogP contribution in [0.5, 0.6) is 0 Å². The van der Waals surface area contributed by atoms with Gasteiger partial charge in [-0.2, -0.15) is 0 Å². The van der Waals surface area contributed by atoms with Crippen LogP contribution in [0.25, 0.3) is 0 Å². The zero-order valence-corrected chi connectivity index (χ0v) is 17.0. The lowest BCUT2D eigenvalue weighted by molar-refractivity contribution is -0.117. The van der Waals surface area contributed by atoms with E-state index in [0.717, 1.165) is 32.5 Å². The first-order valence-electron chi connectivity index (χ1n) is 9.10. The van der Waals surface area contributed by atoms with Crippen LogP contribution in [-0.4, -0.2) is 11.2 Å². The van der Waals surface area contributed by atoms with E-state index >= 15 is 0 Å². The Labute approximate surface area is 169 Å². The van der Waals surface area contributed by atoms with Gasteiger partial charge in [-0.15, -0.1) is 11.8 Å². The third-order valence-corrected chi connectivity index (χ3v) is 7.09. The summed E-state index contributed by atoms with van der Waals surface area (Å²) < 4.78 is 0. The number of thioether (sulfide) groups is 1. The van der Waals surface area contributed by atoms with Gasteiger partial charge in [-0.25, -0.2) is 0 Å². The second-order valence-electron chi connectivity index (χ2n) is 6.54. The van der Waals surface area contributed by atoms with Gasteiger partial charge in [0.15, 0.2) is 0 Å². The van der Waals surface area contributed by atoms with Crippen molar-refractivity contribution >= 4 is 40.8 Å². The van der Waals surface area contributed by atoms with E-state index in [1.165, 1.54) is 5.56 Å². The van der Waals surface area contributed by atoms with E-state index in [-0.39, 0.29) is 11.2 Å². The van der Waals surface area contributed by atoms with Crippen molar-refractivity contribution in [3.05, 3.63) is 78.4 Å². The van der Waals surface area contributed by atoms with Crippen molar-refractivity contribution in [2.24, 2.45) is 0 Å². The highest BCUT2D eigenvalue weighted by molar-refractivity contribution is 8.00. The van der Waals surface area contributed by atoms with Gasteiger partial charge >= 0.3 is 0 Å². The van der Waals surface area contributed by atoms with E-state index in [0.29, 0.717) is 0 Å². The second-order valence-corrected chi connectivity index (χ2v) is 8.90. The smallest absolute Gasteiger partial charge is 0.245 e. The molecule has 1 unspecified atom stereocenters. The zero-order chi connectivity index (χ0) is 18.8. The van der Waals surface area contributed by atoms with Crippen LogP contribution >= 0.6 is 23.5 Å². The van der Waals surface area contributed by atoms with Crippen molar-refractivity contribution in [1.82, 2.24) is 0 Å². The fraction of sp³-hybridized carbons (Fsp3) is 0.174. The van der Waals surface area contributed by atoms with Crippen molar-refractivity contribution in [1.29, 1.82) is 0 Å². The molecule has 0 aliphatic carbocycles. The van der Waals surface area contributed by atoms with Gasteiger partial charge in [-0.05, 0) is 49.7 Å². The summed E-state index contributed by atoms with van der Waals surface area (Å²) in [5.41, 5.74) is 3.19. The van der Waals surface area contributed by atoms with Crippen LogP contribution < -0.4 is 4.90 Å². The van der Waals surface area contributed by atoms with Gasteiger partial charge in [0.2, 0.25) is 5.91 Å². The molecule has 4 rings (SSSR count). The molecule has 1 aliphatic rings. The van der Waals surface area contributed by atoms with Crippen molar-refractivity contribution in [3.8, 4) is 0 Å². The number of amides is 1. The van der Waals surface area contributed by atoms with Crippen LogP contribution in [0.15, 0.2) is 87.5 Å². The average molecular weight is 392 g/mol. The maximum absolute atomic E-state index is 13.6. The molecule has 3 aromatic carbocycles. The minimum absolute atomic E-state index is 0.128. The van der Waals surface area contributed by atoms with Crippen LogP contribution in [0.3, 0.4) is 0 Å². The van der Waals surface area contributed by atoms with Gasteiger partial charge in [0.1, 0.15) is 0 Å². The number of fused-ring (bicyclic) bond motifs is 2. The van der Waals surface area contributed by atoms with E-state index in [2.05, 4.69) is 50.2 Å². The van der Waals surface area contributed by atoms with Crippen LogP contribution in [0, 0.1) is 6.92 Å². The van der Waals surface area contributed by atoms with Crippen LogP contribution in [-0.2, 0) is 4.79 Å². The van der Waals surface area contributed by atoms with Crippen LogP contribution in [0.4, 0.5) is 11.4 Å². The maximum atomic E-state index is 13.6. The Morgan fingerprint density at radius 3 is 2.04 bits per heavy atom. The summed E-state index contributed by atoms with van der Waals surface area (Å²) in [5, 5.41) is -0.128. The molecule has 0 radical (unpaired) electrons. The minimum Gasteiger partial charge on any atom is -0.278 e. The minimum atomic E-state index is -0.128. The molecule has 1 amide bonds. The lowest BCUT2D eigenvalue weighted by Crippen LogP contribution is -2.35. The van der Waals surface area contributed by atoms with E-state index in [9.17, 15) is 4.79 Å². The highest BCUT2D eigenvalue weighted by atomic mass is 32.2. The van der Waals surface area contributed by atoms with E-state index < -0.39 is 0 Å². The Morgan fingerprint density at radius 1 is 0.926 bits per heavy atom. The Kier molecular flexibility index (Phi) is 5.28. The monoisotopic (exact) mass is 391 g/mol. The quantitative estimate of drug-likeness (QED) is 0.462. The van der Waals surface area contributed by atoms with Gasteiger partial charge in [0, 0.05) is 14.7 Å². The topological polar surface area (TPSA) is 20.3 Å². The van der Waals surface area contributed by atoms with Crippen molar-refractivity contribution < 1.29 is 4.79 Å². The Hall–Kier alpha value is -2.17. The molecule has 3 aromatic rings. The molecule has 27 heavy (non-hydrogen) atoms. The summed E-state index contributed by atoms with van der Waals surface area (Å²) in [6.07, 6.45) is 0.783. The third-order valence-electron chi connectivity index (χ3n) is 4.60. The molecule has 0 fully saturated rings. The summed E-state index contributed by atoms with van der Waals surface area (Å²) in [4.78, 5) is 18.9. The first-order chi connectivity index (χ1) is 13.2. The Bertz CT molecular complexity index is 923. The summed E-state index contributed by atoms with van der Waals surface area (Å²) >= 11 is 3.38. The third kappa shape index (κ3) is 3.64. The summed E-state index contributed by atoms with van der Waals surface area (Å²) in [5.74, 6) is 0.142. The number of carbonyl (C=O) groups is 1. The van der Waals surface area contributed by atoms with E-state index in [1.54, 1.807) is 23.5 Å². The second kappa shape index (κ2) is 7.83. The molecule has 1 atom stereocenters. The molecule has 0 spiro atoms. The van der Waals surface area contributed by atoms with Gasteiger partial charge < -0.3 is 0 Å². The predicted molar refractivity (Wildman–Crippen MR) is 115 cm³/mol. The molecule has 1 heterocycles. The molecule has 0 N–H and O–H groups in total. The fourth-order valence-corrected chi connectivity index (χ4v) is 5.23. The number of carbonyl (C=O) groups excluding carboxylic acids is 1. The normalized spacial score (nSPS) is 13.6. The number of anilines is 2. The first kappa shape index (κ1) is 18.2. The highest BCUT2D eigenvalue weighted by Crippen LogP contribution is 2.48.